The Morgan fingerprint density at radius 1 is 1.71 bits per heavy atom. The standard InChI is InChI=1S/C10H15NO2S/c1-4-13-8(3)9(12)5-10-11-7(2)6-14-10/h6,8H,4-5H2,1-3H3. The first-order valence-electron chi connectivity index (χ1n) is 4.68. The Hall–Kier alpha value is -0.740. The molecule has 0 saturated heterocycles. The monoisotopic (exact) mass is 213 g/mol. The highest BCUT2D eigenvalue weighted by atomic mass is 32.1. The quantitative estimate of drug-likeness (QED) is 0.751. The number of aromatic nitrogens is 1. The van der Waals surface area contributed by atoms with Gasteiger partial charge in [-0.15, -0.1) is 11.3 Å². The number of Topliss-reactive ketones (excluding diaryl/α,β-unsaturated/α-hetero) is 1. The molecule has 1 unspecified atom stereocenters. The average molecular weight is 213 g/mol. The van der Waals surface area contributed by atoms with Crippen LogP contribution in [-0.4, -0.2) is 23.5 Å². The van der Waals surface area contributed by atoms with Crippen molar-refractivity contribution in [1.82, 2.24) is 4.98 Å². The Morgan fingerprint density at radius 2 is 2.43 bits per heavy atom. The second-order valence-electron chi connectivity index (χ2n) is 3.12. The fraction of sp³-hybridized carbons (Fsp3) is 0.600. The first-order chi connectivity index (χ1) is 6.63. The van der Waals surface area contributed by atoms with Crippen LogP contribution in [0.5, 0.6) is 0 Å². The Bertz CT molecular complexity index is 309. The molecule has 0 aliphatic rings. The summed E-state index contributed by atoms with van der Waals surface area (Å²) in [5.74, 6) is 0.0983. The number of thiazole rings is 1. The first-order valence-corrected chi connectivity index (χ1v) is 5.56. The molecule has 78 valence electrons. The van der Waals surface area contributed by atoms with Gasteiger partial charge in [-0.25, -0.2) is 4.98 Å². The third-order valence-corrected chi connectivity index (χ3v) is 2.83. The minimum atomic E-state index is -0.316. The number of rotatable bonds is 5. The molecule has 1 aromatic rings. The summed E-state index contributed by atoms with van der Waals surface area (Å²) in [4.78, 5) is 15.8. The van der Waals surface area contributed by atoms with Crippen LogP contribution in [-0.2, 0) is 16.0 Å². The van der Waals surface area contributed by atoms with Gasteiger partial charge in [0.25, 0.3) is 0 Å². The van der Waals surface area contributed by atoms with E-state index in [2.05, 4.69) is 4.98 Å². The van der Waals surface area contributed by atoms with Crippen molar-refractivity contribution < 1.29 is 9.53 Å². The van der Waals surface area contributed by atoms with Crippen LogP contribution in [0.2, 0.25) is 0 Å². The Balaban J connectivity index is 2.48. The van der Waals surface area contributed by atoms with Gasteiger partial charge in [0.05, 0.1) is 6.42 Å². The van der Waals surface area contributed by atoms with Crippen molar-refractivity contribution in [1.29, 1.82) is 0 Å². The van der Waals surface area contributed by atoms with Crippen LogP contribution in [0, 0.1) is 6.92 Å². The highest BCUT2D eigenvalue weighted by Gasteiger charge is 2.14. The molecule has 0 amide bonds. The van der Waals surface area contributed by atoms with Crippen LogP contribution >= 0.6 is 11.3 Å². The van der Waals surface area contributed by atoms with E-state index in [9.17, 15) is 4.79 Å². The van der Waals surface area contributed by atoms with Gasteiger partial charge in [0.1, 0.15) is 11.1 Å². The molecule has 1 rings (SSSR count). The summed E-state index contributed by atoms with van der Waals surface area (Å²) < 4.78 is 5.21. The van der Waals surface area contributed by atoms with Gasteiger partial charge in [-0.2, -0.15) is 0 Å². The minimum absolute atomic E-state index is 0.0983. The van der Waals surface area contributed by atoms with Crippen molar-refractivity contribution in [2.24, 2.45) is 0 Å². The summed E-state index contributed by atoms with van der Waals surface area (Å²) >= 11 is 1.53. The van der Waals surface area contributed by atoms with E-state index in [1.54, 1.807) is 6.92 Å². The number of hydrogen-bond acceptors (Lipinski definition) is 4. The molecule has 0 spiro atoms. The molecular weight excluding hydrogens is 198 g/mol. The summed E-state index contributed by atoms with van der Waals surface area (Å²) in [5.41, 5.74) is 0.974. The number of carbonyl (C=O) groups is 1. The van der Waals surface area contributed by atoms with Gasteiger partial charge in [0, 0.05) is 17.7 Å². The zero-order chi connectivity index (χ0) is 10.6. The van der Waals surface area contributed by atoms with Gasteiger partial charge in [-0.3, -0.25) is 4.79 Å². The average Bonchev–Trinajstić information content (AvgIpc) is 2.51. The molecule has 1 aromatic heterocycles. The summed E-state index contributed by atoms with van der Waals surface area (Å²) in [6, 6.07) is 0. The van der Waals surface area contributed by atoms with E-state index in [-0.39, 0.29) is 11.9 Å². The van der Waals surface area contributed by atoms with E-state index in [4.69, 9.17) is 4.74 Å². The van der Waals surface area contributed by atoms with Gasteiger partial charge in [-0.1, -0.05) is 0 Å². The SMILES string of the molecule is CCOC(C)C(=O)Cc1nc(C)cs1. The zero-order valence-electron chi connectivity index (χ0n) is 8.74. The smallest absolute Gasteiger partial charge is 0.168 e. The summed E-state index contributed by atoms with van der Waals surface area (Å²) in [5, 5.41) is 2.83. The fourth-order valence-electron chi connectivity index (χ4n) is 1.12. The van der Waals surface area contributed by atoms with Crippen LogP contribution in [0.4, 0.5) is 0 Å². The number of carbonyl (C=O) groups excluding carboxylic acids is 1. The van der Waals surface area contributed by atoms with E-state index in [1.165, 1.54) is 11.3 Å². The highest BCUT2D eigenvalue weighted by molar-refractivity contribution is 7.09. The van der Waals surface area contributed by atoms with Gasteiger partial charge < -0.3 is 4.74 Å². The van der Waals surface area contributed by atoms with E-state index in [0.29, 0.717) is 13.0 Å². The number of ether oxygens (including phenoxy) is 1. The molecule has 0 bridgehead atoms. The predicted molar refractivity (Wildman–Crippen MR) is 56.7 cm³/mol. The predicted octanol–water partition coefficient (Wildman–Crippen LogP) is 1.99. The fourth-order valence-corrected chi connectivity index (χ4v) is 1.90. The molecule has 14 heavy (non-hydrogen) atoms. The molecule has 0 saturated carbocycles. The summed E-state index contributed by atoms with van der Waals surface area (Å²) in [7, 11) is 0. The first kappa shape index (κ1) is 11.3. The van der Waals surface area contributed by atoms with Crippen LogP contribution in [0.15, 0.2) is 5.38 Å². The van der Waals surface area contributed by atoms with Gasteiger partial charge in [0.15, 0.2) is 5.78 Å². The maximum atomic E-state index is 11.6. The molecule has 0 radical (unpaired) electrons. The van der Waals surface area contributed by atoms with E-state index >= 15 is 0 Å². The Kier molecular flexibility index (Phi) is 4.22. The molecule has 0 aromatic carbocycles. The molecule has 0 N–H and O–H groups in total. The molecule has 0 fully saturated rings. The summed E-state index contributed by atoms with van der Waals surface area (Å²) in [6.45, 7) is 6.17. The van der Waals surface area contributed by atoms with E-state index < -0.39 is 0 Å². The van der Waals surface area contributed by atoms with Gasteiger partial charge in [-0.05, 0) is 20.8 Å². The normalized spacial score (nSPS) is 12.8. The molecule has 4 heteroatoms. The van der Waals surface area contributed by atoms with Crippen LogP contribution < -0.4 is 0 Å². The third kappa shape index (κ3) is 3.20. The minimum Gasteiger partial charge on any atom is -0.371 e. The van der Waals surface area contributed by atoms with Crippen LogP contribution in [0.25, 0.3) is 0 Å². The number of hydrogen-bond donors (Lipinski definition) is 0. The second-order valence-corrected chi connectivity index (χ2v) is 4.07. The van der Waals surface area contributed by atoms with Crippen LogP contribution in [0.3, 0.4) is 0 Å². The van der Waals surface area contributed by atoms with Gasteiger partial charge in [0.2, 0.25) is 0 Å². The Morgan fingerprint density at radius 3 is 2.93 bits per heavy atom. The van der Waals surface area contributed by atoms with Gasteiger partial charge >= 0.3 is 0 Å². The largest absolute Gasteiger partial charge is 0.371 e. The number of nitrogens with zero attached hydrogens (tertiary/aromatic N) is 1. The molecule has 3 nitrogen and oxygen atoms in total. The van der Waals surface area contributed by atoms with Crippen molar-refractivity contribution in [3.63, 3.8) is 0 Å². The van der Waals surface area contributed by atoms with Crippen molar-refractivity contribution >= 4 is 17.1 Å². The lowest BCUT2D eigenvalue weighted by Crippen LogP contribution is -2.22. The molecular formula is C10H15NO2S. The number of ketones is 1. The summed E-state index contributed by atoms with van der Waals surface area (Å²) in [6.07, 6.45) is 0.0730. The van der Waals surface area contributed by atoms with Crippen molar-refractivity contribution in [3.8, 4) is 0 Å². The zero-order valence-corrected chi connectivity index (χ0v) is 9.56. The lowest BCUT2D eigenvalue weighted by Gasteiger charge is -2.08. The van der Waals surface area contributed by atoms with Crippen molar-refractivity contribution in [2.45, 2.75) is 33.3 Å². The van der Waals surface area contributed by atoms with Crippen LogP contribution in [0.1, 0.15) is 24.5 Å². The lowest BCUT2D eigenvalue weighted by molar-refractivity contribution is -0.128. The third-order valence-electron chi connectivity index (χ3n) is 1.86. The van der Waals surface area contributed by atoms with E-state index in [0.717, 1.165) is 10.7 Å². The number of aryl methyl sites for hydroxylation is 1. The molecule has 0 aliphatic carbocycles. The van der Waals surface area contributed by atoms with E-state index in [1.807, 2.05) is 19.2 Å². The van der Waals surface area contributed by atoms with Crippen molar-refractivity contribution in [3.05, 3.63) is 16.1 Å². The maximum absolute atomic E-state index is 11.6. The molecule has 1 heterocycles. The lowest BCUT2D eigenvalue weighted by atomic mass is 10.2. The topological polar surface area (TPSA) is 39.2 Å². The van der Waals surface area contributed by atoms with Crippen molar-refractivity contribution in [2.75, 3.05) is 6.61 Å². The molecule has 1 atom stereocenters. The Labute approximate surface area is 88.1 Å². The molecule has 0 aliphatic heterocycles. The maximum Gasteiger partial charge on any atom is 0.168 e. The second kappa shape index (κ2) is 5.22. The highest BCUT2D eigenvalue weighted by Crippen LogP contribution is 2.10.